The van der Waals surface area contributed by atoms with Gasteiger partial charge in [-0.05, 0) is 44.6 Å². The summed E-state index contributed by atoms with van der Waals surface area (Å²) in [5, 5.41) is 12.0. The van der Waals surface area contributed by atoms with E-state index < -0.39 is 5.54 Å². The molecule has 1 unspecified atom stereocenters. The number of aromatic nitrogens is 1. The minimum atomic E-state index is -0.396. The molecule has 1 aromatic rings. The molecule has 1 fully saturated rings. The number of aliphatic hydroxyl groups is 1. The van der Waals surface area contributed by atoms with Crippen LogP contribution in [0.3, 0.4) is 0 Å². The molecule has 5 nitrogen and oxygen atoms in total. The maximum atomic E-state index is 12.2. The topological polar surface area (TPSA) is 71.5 Å². The molecule has 0 saturated heterocycles. The van der Waals surface area contributed by atoms with Crippen molar-refractivity contribution in [2.75, 3.05) is 13.2 Å². The fraction of sp³-hybridized carbons (Fsp3) is 0.625. The van der Waals surface area contributed by atoms with Crippen molar-refractivity contribution < 1.29 is 14.6 Å². The van der Waals surface area contributed by atoms with E-state index in [0.717, 1.165) is 6.42 Å². The second-order valence-corrected chi connectivity index (χ2v) is 5.98. The lowest BCUT2D eigenvalue weighted by Crippen LogP contribution is -2.46. The van der Waals surface area contributed by atoms with Crippen molar-refractivity contribution in [2.45, 2.75) is 45.1 Å². The van der Waals surface area contributed by atoms with Gasteiger partial charge >= 0.3 is 0 Å². The van der Waals surface area contributed by atoms with E-state index in [1.54, 1.807) is 12.1 Å². The van der Waals surface area contributed by atoms with Crippen LogP contribution in [0.4, 0.5) is 0 Å². The van der Waals surface area contributed by atoms with Crippen LogP contribution in [0.15, 0.2) is 18.3 Å². The van der Waals surface area contributed by atoms with Gasteiger partial charge < -0.3 is 15.2 Å². The Morgan fingerprint density at radius 2 is 2.29 bits per heavy atom. The van der Waals surface area contributed by atoms with Crippen LogP contribution in [0, 0.1) is 5.92 Å². The van der Waals surface area contributed by atoms with Gasteiger partial charge in [0.05, 0.1) is 12.2 Å². The molecule has 0 spiro atoms. The molecule has 5 heteroatoms. The van der Waals surface area contributed by atoms with Crippen LogP contribution in [0.25, 0.3) is 0 Å². The van der Waals surface area contributed by atoms with E-state index in [1.165, 1.54) is 19.0 Å². The molecule has 0 aliphatic heterocycles. The van der Waals surface area contributed by atoms with E-state index in [0.29, 0.717) is 30.4 Å². The van der Waals surface area contributed by atoms with Crippen LogP contribution in [0.5, 0.6) is 5.88 Å². The largest absolute Gasteiger partial charge is 0.477 e. The summed E-state index contributed by atoms with van der Waals surface area (Å²) in [6.45, 7) is 4.68. The highest BCUT2D eigenvalue weighted by Gasteiger charge is 2.24. The number of nitrogens with one attached hydrogen (secondary N) is 1. The quantitative estimate of drug-likeness (QED) is 0.770. The summed E-state index contributed by atoms with van der Waals surface area (Å²) in [4.78, 5) is 16.4. The van der Waals surface area contributed by atoms with Crippen molar-refractivity contribution in [3.05, 3.63) is 23.9 Å². The molecular formula is C16H24N2O3. The zero-order valence-electron chi connectivity index (χ0n) is 12.8. The zero-order valence-corrected chi connectivity index (χ0v) is 12.8. The summed E-state index contributed by atoms with van der Waals surface area (Å²) in [6.07, 6.45) is 5.30. The second-order valence-electron chi connectivity index (χ2n) is 5.98. The summed E-state index contributed by atoms with van der Waals surface area (Å²) < 4.78 is 5.55. The average molecular weight is 292 g/mol. The Morgan fingerprint density at radius 1 is 1.52 bits per heavy atom. The number of carbonyl (C=O) groups excluding carboxylic acids is 1. The zero-order chi connectivity index (χ0) is 15.3. The molecule has 1 aliphatic rings. The Kier molecular flexibility index (Phi) is 5.17. The second kappa shape index (κ2) is 6.89. The lowest BCUT2D eigenvalue weighted by atomic mass is 9.94. The number of hydrogen-bond donors (Lipinski definition) is 2. The smallest absolute Gasteiger partial charge is 0.253 e. The maximum Gasteiger partial charge on any atom is 0.253 e. The number of aliphatic hydroxyl groups excluding tert-OH is 1. The molecule has 0 aromatic carbocycles. The van der Waals surface area contributed by atoms with E-state index >= 15 is 0 Å². The van der Waals surface area contributed by atoms with Crippen LogP contribution < -0.4 is 10.1 Å². The maximum absolute atomic E-state index is 12.2. The number of hydrogen-bond acceptors (Lipinski definition) is 4. The van der Waals surface area contributed by atoms with Gasteiger partial charge in [-0.1, -0.05) is 6.92 Å². The van der Waals surface area contributed by atoms with Gasteiger partial charge in [-0.2, -0.15) is 0 Å². The molecular weight excluding hydrogens is 268 g/mol. The number of amides is 1. The molecule has 21 heavy (non-hydrogen) atoms. The number of ether oxygens (including phenoxy) is 1. The van der Waals surface area contributed by atoms with Crippen LogP contribution in [-0.2, 0) is 0 Å². The Hall–Kier alpha value is -1.62. The molecule has 116 valence electrons. The van der Waals surface area contributed by atoms with Gasteiger partial charge in [-0.25, -0.2) is 4.98 Å². The van der Waals surface area contributed by atoms with Gasteiger partial charge in [0.2, 0.25) is 5.88 Å². The number of nitrogens with zero attached hydrogens (tertiary/aromatic N) is 1. The monoisotopic (exact) mass is 292 g/mol. The molecule has 2 N–H and O–H groups in total. The predicted molar refractivity (Wildman–Crippen MR) is 80.3 cm³/mol. The van der Waals surface area contributed by atoms with Gasteiger partial charge in [0.25, 0.3) is 5.91 Å². The van der Waals surface area contributed by atoms with Crippen LogP contribution >= 0.6 is 0 Å². The lowest BCUT2D eigenvalue weighted by Gasteiger charge is -2.28. The van der Waals surface area contributed by atoms with Gasteiger partial charge in [-0.3, -0.25) is 4.79 Å². The molecule has 1 atom stereocenters. The lowest BCUT2D eigenvalue weighted by molar-refractivity contribution is 0.0885. The van der Waals surface area contributed by atoms with Crippen LogP contribution in [0.1, 0.15) is 49.9 Å². The summed E-state index contributed by atoms with van der Waals surface area (Å²) in [5.74, 6) is 1.07. The summed E-state index contributed by atoms with van der Waals surface area (Å²) in [5.41, 5.74) is 0.110. The highest BCUT2D eigenvalue weighted by Crippen LogP contribution is 2.29. The first-order valence-corrected chi connectivity index (χ1v) is 7.58. The van der Waals surface area contributed by atoms with E-state index in [1.807, 2.05) is 13.8 Å². The molecule has 0 radical (unpaired) electrons. The van der Waals surface area contributed by atoms with Crippen molar-refractivity contribution in [1.82, 2.24) is 10.3 Å². The number of rotatable bonds is 8. The van der Waals surface area contributed by atoms with Crippen molar-refractivity contribution in [2.24, 2.45) is 5.92 Å². The Bertz CT molecular complexity index is 471. The van der Waals surface area contributed by atoms with E-state index in [2.05, 4.69) is 10.3 Å². The number of pyridine rings is 1. The molecule has 0 bridgehead atoms. The van der Waals surface area contributed by atoms with Crippen LogP contribution in [-0.4, -0.2) is 34.8 Å². The summed E-state index contributed by atoms with van der Waals surface area (Å²) in [7, 11) is 0. The fourth-order valence-electron chi connectivity index (χ4n) is 2.01. The average Bonchev–Trinajstić information content (AvgIpc) is 3.30. The van der Waals surface area contributed by atoms with Crippen molar-refractivity contribution in [3.63, 3.8) is 0 Å². The van der Waals surface area contributed by atoms with E-state index in [4.69, 9.17) is 9.84 Å². The van der Waals surface area contributed by atoms with Gasteiger partial charge in [0.15, 0.2) is 0 Å². The fourth-order valence-corrected chi connectivity index (χ4v) is 2.01. The predicted octanol–water partition coefficient (Wildman–Crippen LogP) is 2.15. The molecule has 1 aromatic heterocycles. The van der Waals surface area contributed by atoms with E-state index in [-0.39, 0.29) is 12.5 Å². The molecule has 1 amide bonds. The normalized spacial score (nSPS) is 17.1. The molecule has 1 heterocycles. The van der Waals surface area contributed by atoms with Crippen molar-refractivity contribution in [1.29, 1.82) is 0 Å². The minimum absolute atomic E-state index is 0.0524. The first-order chi connectivity index (χ1) is 10.1. The van der Waals surface area contributed by atoms with Gasteiger partial charge in [0, 0.05) is 24.4 Å². The van der Waals surface area contributed by atoms with Gasteiger partial charge in [0.1, 0.15) is 0 Å². The number of carbonyl (C=O) groups is 1. The first-order valence-electron chi connectivity index (χ1n) is 7.58. The summed E-state index contributed by atoms with van der Waals surface area (Å²) in [6, 6.07) is 3.45. The van der Waals surface area contributed by atoms with Crippen LogP contribution in [0.2, 0.25) is 0 Å². The van der Waals surface area contributed by atoms with Crippen molar-refractivity contribution >= 4 is 5.91 Å². The third kappa shape index (κ3) is 4.70. The van der Waals surface area contributed by atoms with E-state index in [9.17, 15) is 4.79 Å². The minimum Gasteiger partial charge on any atom is -0.477 e. The molecule has 1 saturated carbocycles. The first kappa shape index (κ1) is 15.8. The highest BCUT2D eigenvalue weighted by molar-refractivity contribution is 5.94. The third-order valence-corrected chi connectivity index (χ3v) is 4.02. The highest BCUT2D eigenvalue weighted by atomic mass is 16.5. The summed E-state index contributed by atoms with van der Waals surface area (Å²) >= 11 is 0. The Balaban J connectivity index is 1.91. The Labute approximate surface area is 125 Å². The third-order valence-electron chi connectivity index (χ3n) is 4.02. The molecule has 2 rings (SSSR count). The Morgan fingerprint density at radius 3 is 2.81 bits per heavy atom. The standard InChI is InChI=1S/C16H24N2O3/c1-3-16(2,8-9-19)18-15(20)13-6-7-14(17-10-13)21-11-12-4-5-12/h6-7,10,12,19H,3-5,8-9,11H2,1-2H3,(H,18,20). The van der Waals surface area contributed by atoms with Crippen molar-refractivity contribution in [3.8, 4) is 5.88 Å². The van der Waals surface area contributed by atoms with Gasteiger partial charge in [-0.15, -0.1) is 0 Å². The SMILES string of the molecule is CCC(C)(CCO)NC(=O)c1ccc(OCC2CC2)nc1. The molecule has 1 aliphatic carbocycles.